The van der Waals surface area contributed by atoms with Crippen molar-refractivity contribution in [1.82, 2.24) is 0 Å². The van der Waals surface area contributed by atoms with E-state index < -0.39 is 23.3 Å². The standard InChI is InChI=1S/C24H32O7/c1-4-28-20(25)12-17-13-24(22(26)29-5-2,23(27)30-6-3)14-19(17)21-18-11-9-7-8-10-16(18)15-31-21/h12,15,19H,4-11,13-14H2,1-3H3/b17-12+. The van der Waals surface area contributed by atoms with Crippen LogP contribution in [0.1, 0.15) is 75.7 Å². The lowest BCUT2D eigenvalue weighted by atomic mass is 9.84. The van der Waals surface area contributed by atoms with Gasteiger partial charge in [-0.2, -0.15) is 0 Å². The molecule has 2 aliphatic rings. The van der Waals surface area contributed by atoms with Crippen molar-refractivity contribution in [3.8, 4) is 0 Å². The highest BCUT2D eigenvalue weighted by atomic mass is 16.6. The molecule has 0 saturated heterocycles. The molecule has 0 N–H and O–H groups in total. The van der Waals surface area contributed by atoms with E-state index in [1.807, 2.05) is 0 Å². The highest BCUT2D eigenvalue weighted by Gasteiger charge is 2.57. The van der Waals surface area contributed by atoms with Gasteiger partial charge in [0, 0.05) is 12.0 Å². The maximum Gasteiger partial charge on any atom is 0.330 e. The third-order valence-corrected chi connectivity index (χ3v) is 6.13. The van der Waals surface area contributed by atoms with Crippen molar-refractivity contribution in [3.63, 3.8) is 0 Å². The summed E-state index contributed by atoms with van der Waals surface area (Å²) in [6.45, 7) is 5.67. The fourth-order valence-electron chi connectivity index (χ4n) is 4.72. The predicted octanol–water partition coefficient (Wildman–Crippen LogP) is 4.03. The number of furan rings is 1. The Balaban J connectivity index is 2.07. The molecular weight excluding hydrogens is 400 g/mol. The van der Waals surface area contributed by atoms with E-state index in [0.717, 1.165) is 43.4 Å². The largest absolute Gasteiger partial charge is 0.468 e. The summed E-state index contributed by atoms with van der Waals surface area (Å²) in [5.41, 5.74) is 1.45. The zero-order valence-electron chi connectivity index (χ0n) is 18.7. The molecule has 31 heavy (non-hydrogen) atoms. The van der Waals surface area contributed by atoms with Gasteiger partial charge in [-0.15, -0.1) is 0 Å². The van der Waals surface area contributed by atoms with E-state index in [-0.39, 0.29) is 38.6 Å². The highest BCUT2D eigenvalue weighted by Crippen LogP contribution is 2.53. The smallest absolute Gasteiger partial charge is 0.330 e. The molecule has 1 heterocycles. The molecule has 1 atom stereocenters. The van der Waals surface area contributed by atoms with Crippen molar-refractivity contribution < 1.29 is 33.0 Å². The van der Waals surface area contributed by atoms with E-state index in [0.29, 0.717) is 5.57 Å². The minimum atomic E-state index is -1.50. The number of carbonyl (C=O) groups excluding carboxylic acids is 3. The minimum Gasteiger partial charge on any atom is -0.468 e. The van der Waals surface area contributed by atoms with Gasteiger partial charge in [-0.25, -0.2) is 4.79 Å². The second-order valence-corrected chi connectivity index (χ2v) is 8.09. The Bertz CT molecular complexity index is 830. The zero-order chi connectivity index (χ0) is 22.4. The topological polar surface area (TPSA) is 92.0 Å². The van der Waals surface area contributed by atoms with Gasteiger partial charge in [0.2, 0.25) is 0 Å². The number of carbonyl (C=O) groups is 3. The van der Waals surface area contributed by atoms with Gasteiger partial charge in [-0.1, -0.05) is 12.0 Å². The van der Waals surface area contributed by atoms with Gasteiger partial charge >= 0.3 is 17.9 Å². The summed E-state index contributed by atoms with van der Waals surface area (Å²) in [6, 6.07) is 0. The number of ether oxygens (including phenoxy) is 3. The fraction of sp³-hybridized carbons (Fsp3) is 0.625. The summed E-state index contributed by atoms with van der Waals surface area (Å²) >= 11 is 0. The number of hydrogen-bond donors (Lipinski definition) is 0. The second kappa shape index (κ2) is 10.2. The molecule has 0 radical (unpaired) electrons. The Kier molecular flexibility index (Phi) is 7.57. The van der Waals surface area contributed by atoms with Crippen molar-refractivity contribution in [2.45, 2.75) is 71.6 Å². The molecule has 0 aromatic carbocycles. The summed E-state index contributed by atoms with van der Waals surface area (Å²) < 4.78 is 21.7. The molecule has 1 saturated carbocycles. The lowest BCUT2D eigenvalue weighted by molar-refractivity contribution is -0.171. The average Bonchev–Trinajstić information content (AvgIpc) is 3.22. The molecule has 7 heteroatoms. The zero-order valence-corrected chi connectivity index (χ0v) is 18.7. The third kappa shape index (κ3) is 4.70. The monoisotopic (exact) mass is 432 g/mol. The van der Waals surface area contributed by atoms with Crippen molar-refractivity contribution in [2.75, 3.05) is 19.8 Å². The number of fused-ring (bicyclic) bond motifs is 1. The van der Waals surface area contributed by atoms with Gasteiger partial charge < -0.3 is 18.6 Å². The quantitative estimate of drug-likeness (QED) is 0.211. The van der Waals surface area contributed by atoms with Crippen LogP contribution in [0.15, 0.2) is 22.3 Å². The lowest BCUT2D eigenvalue weighted by Crippen LogP contribution is -2.40. The molecule has 0 spiro atoms. The first kappa shape index (κ1) is 23.1. The van der Waals surface area contributed by atoms with Crippen LogP contribution in [0.3, 0.4) is 0 Å². The summed E-state index contributed by atoms with van der Waals surface area (Å²) in [4.78, 5) is 38.3. The number of esters is 3. The Morgan fingerprint density at radius 2 is 1.65 bits per heavy atom. The average molecular weight is 433 g/mol. The number of rotatable bonds is 7. The molecule has 170 valence electrons. The first-order valence-electron chi connectivity index (χ1n) is 11.3. The first-order chi connectivity index (χ1) is 15.0. The normalized spacial score (nSPS) is 21.3. The molecule has 1 aromatic rings. The van der Waals surface area contributed by atoms with Crippen LogP contribution in [0.5, 0.6) is 0 Å². The van der Waals surface area contributed by atoms with Crippen LogP contribution in [0.4, 0.5) is 0 Å². The predicted molar refractivity (Wildman–Crippen MR) is 112 cm³/mol. The molecule has 1 fully saturated rings. The summed E-state index contributed by atoms with van der Waals surface area (Å²) in [5.74, 6) is -1.39. The lowest BCUT2D eigenvalue weighted by Gasteiger charge is -2.24. The Hall–Kier alpha value is -2.57. The van der Waals surface area contributed by atoms with Crippen molar-refractivity contribution in [1.29, 1.82) is 0 Å². The molecule has 7 nitrogen and oxygen atoms in total. The van der Waals surface area contributed by atoms with Crippen LogP contribution in [0.2, 0.25) is 0 Å². The van der Waals surface area contributed by atoms with E-state index in [1.54, 1.807) is 27.0 Å². The van der Waals surface area contributed by atoms with Gasteiger partial charge in [-0.3, -0.25) is 9.59 Å². The number of allylic oxidation sites excluding steroid dienone is 1. The minimum absolute atomic E-state index is 0.0453. The van der Waals surface area contributed by atoms with Gasteiger partial charge in [0.15, 0.2) is 5.41 Å². The summed E-state index contributed by atoms with van der Waals surface area (Å²) in [5, 5.41) is 0. The maximum atomic E-state index is 13.0. The van der Waals surface area contributed by atoms with E-state index in [2.05, 4.69) is 0 Å². The molecule has 1 aromatic heterocycles. The first-order valence-corrected chi connectivity index (χ1v) is 11.3. The Morgan fingerprint density at radius 1 is 1.00 bits per heavy atom. The molecule has 1 unspecified atom stereocenters. The van der Waals surface area contributed by atoms with Crippen LogP contribution in [0, 0.1) is 5.41 Å². The van der Waals surface area contributed by atoms with E-state index in [9.17, 15) is 14.4 Å². The Morgan fingerprint density at radius 3 is 2.29 bits per heavy atom. The second-order valence-electron chi connectivity index (χ2n) is 8.09. The molecule has 0 aliphatic heterocycles. The fourth-order valence-corrected chi connectivity index (χ4v) is 4.72. The van der Waals surface area contributed by atoms with E-state index in [4.69, 9.17) is 18.6 Å². The van der Waals surface area contributed by atoms with Crippen LogP contribution in [-0.4, -0.2) is 37.7 Å². The molecular formula is C24H32O7. The van der Waals surface area contributed by atoms with Gasteiger partial charge in [-0.05, 0) is 70.4 Å². The highest BCUT2D eigenvalue weighted by molar-refractivity contribution is 6.01. The molecule has 0 amide bonds. The molecule has 0 bridgehead atoms. The van der Waals surface area contributed by atoms with Crippen LogP contribution < -0.4 is 0 Å². The van der Waals surface area contributed by atoms with Crippen molar-refractivity contribution in [3.05, 3.63) is 34.8 Å². The molecule has 3 rings (SSSR count). The van der Waals surface area contributed by atoms with Gasteiger partial charge in [0.25, 0.3) is 0 Å². The number of hydrogen-bond acceptors (Lipinski definition) is 7. The van der Waals surface area contributed by atoms with Crippen LogP contribution >= 0.6 is 0 Å². The van der Waals surface area contributed by atoms with Crippen LogP contribution in [0.25, 0.3) is 0 Å². The van der Waals surface area contributed by atoms with Gasteiger partial charge in [0.05, 0.1) is 26.1 Å². The van der Waals surface area contributed by atoms with Crippen LogP contribution in [-0.2, 0) is 41.4 Å². The SMILES string of the molecule is CCOC(=O)/C=C1\CC(C(=O)OCC)(C(=O)OCC)CC1c1occ2c1CCCCC2. The van der Waals surface area contributed by atoms with E-state index in [1.165, 1.54) is 11.6 Å². The van der Waals surface area contributed by atoms with Gasteiger partial charge in [0.1, 0.15) is 5.76 Å². The summed E-state index contributed by atoms with van der Waals surface area (Å²) in [7, 11) is 0. The van der Waals surface area contributed by atoms with Crippen molar-refractivity contribution >= 4 is 17.9 Å². The summed E-state index contributed by atoms with van der Waals surface area (Å²) in [6.07, 6.45) is 8.54. The Labute approximate surface area is 183 Å². The third-order valence-electron chi connectivity index (χ3n) is 6.13. The maximum absolute atomic E-state index is 13.0. The molecule has 2 aliphatic carbocycles. The number of aryl methyl sites for hydroxylation is 1. The van der Waals surface area contributed by atoms with E-state index >= 15 is 0 Å². The van der Waals surface area contributed by atoms with Crippen molar-refractivity contribution in [2.24, 2.45) is 5.41 Å².